The molecule has 98 valence electrons. The molecule has 2 fully saturated rings. The van der Waals surface area contributed by atoms with Gasteiger partial charge in [0.15, 0.2) is 0 Å². The zero-order valence-electron chi connectivity index (χ0n) is 11.5. The van der Waals surface area contributed by atoms with E-state index in [4.69, 9.17) is 10.7 Å². The molecule has 0 bridgehead atoms. The SMILES string of the molecule is Cc1c(N)nc(C2CC2)nc1N1CC(C)C(C)C1. The molecule has 1 saturated heterocycles. The monoisotopic (exact) mass is 246 g/mol. The highest BCUT2D eigenvalue weighted by Crippen LogP contribution is 2.40. The highest BCUT2D eigenvalue weighted by Gasteiger charge is 2.31. The van der Waals surface area contributed by atoms with E-state index in [9.17, 15) is 0 Å². The standard InChI is InChI=1S/C14H22N4/c1-8-6-18(7-9(8)2)14-10(3)12(15)16-13(17-14)11-4-5-11/h8-9,11H,4-7H2,1-3H3,(H2,15,16,17). The molecular formula is C14H22N4. The van der Waals surface area contributed by atoms with Gasteiger partial charge in [-0.25, -0.2) is 9.97 Å². The maximum absolute atomic E-state index is 6.05. The number of hydrogen-bond acceptors (Lipinski definition) is 4. The van der Waals surface area contributed by atoms with Crippen molar-refractivity contribution in [1.29, 1.82) is 0 Å². The first-order valence-corrected chi connectivity index (χ1v) is 6.95. The summed E-state index contributed by atoms with van der Waals surface area (Å²) >= 11 is 0. The summed E-state index contributed by atoms with van der Waals surface area (Å²) in [5, 5.41) is 0. The number of aromatic nitrogens is 2. The third kappa shape index (κ3) is 1.93. The topological polar surface area (TPSA) is 55.0 Å². The van der Waals surface area contributed by atoms with E-state index in [0.717, 1.165) is 42.1 Å². The first-order valence-electron chi connectivity index (χ1n) is 6.95. The van der Waals surface area contributed by atoms with Crippen molar-refractivity contribution in [2.45, 2.75) is 39.5 Å². The van der Waals surface area contributed by atoms with Crippen LogP contribution in [0.4, 0.5) is 11.6 Å². The Morgan fingerprint density at radius 2 is 1.72 bits per heavy atom. The summed E-state index contributed by atoms with van der Waals surface area (Å²) in [5.74, 6) is 4.70. The minimum Gasteiger partial charge on any atom is -0.383 e. The Morgan fingerprint density at radius 3 is 2.28 bits per heavy atom. The Kier molecular flexibility index (Phi) is 2.68. The van der Waals surface area contributed by atoms with Crippen LogP contribution in [-0.4, -0.2) is 23.1 Å². The largest absolute Gasteiger partial charge is 0.383 e. The van der Waals surface area contributed by atoms with Crippen molar-refractivity contribution in [3.8, 4) is 0 Å². The van der Waals surface area contributed by atoms with Gasteiger partial charge in [0.1, 0.15) is 17.5 Å². The number of hydrogen-bond donors (Lipinski definition) is 1. The zero-order valence-corrected chi connectivity index (χ0v) is 11.5. The Labute approximate surface area is 109 Å². The van der Waals surface area contributed by atoms with Gasteiger partial charge < -0.3 is 10.6 Å². The van der Waals surface area contributed by atoms with Crippen LogP contribution in [0.2, 0.25) is 0 Å². The quantitative estimate of drug-likeness (QED) is 0.870. The van der Waals surface area contributed by atoms with Crippen molar-refractivity contribution in [2.24, 2.45) is 11.8 Å². The molecule has 2 atom stereocenters. The molecule has 2 N–H and O–H groups in total. The summed E-state index contributed by atoms with van der Waals surface area (Å²) in [6.07, 6.45) is 2.43. The van der Waals surface area contributed by atoms with E-state index in [1.165, 1.54) is 12.8 Å². The highest BCUT2D eigenvalue weighted by atomic mass is 15.2. The molecule has 1 aliphatic heterocycles. The van der Waals surface area contributed by atoms with E-state index in [1.54, 1.807) is 0 Å². The molecule has 0 amide bonds. The van der Waals surface area contributed by atoms with Crippen molar-refractivity contribution in [3.05, 3.63) is 11.4 Å². The van der Waals surface area contributed by atoms with Gasteiger partial charge in [-0.3, -0.25) is 0 Å². The summed E-state index contributed by atoms with van der Waals surface area (Å²) in [6.45, 7) is 8.83. The lowest BCUT2D eigenvalue weighted by molar-refractivity contribution is 0.494. The lowest BCUT2D eigenvalue weighted by Gasteiger charge is -2.21. The highest BCUT2D eigenvalue weighted by molar-refractivity contribution is 5.57. The Hall–Kier alpha value is -1.32. The van der Waals surface area contributed by atoms with Crippen LogP contribution in [0.25, 0.3) is 0 Å². The van der Waals surface area contributed by atoms with E-state index < -0.39 is 0 Å². The molecule has 1 saturated carbocycles. The molecule has 2 unspecified atom stereocenters. The maximum atomic E-state index is 6.05. The average Bonchev–Trinajstić information content (AvgIpc) is 3.11. The van der Waals surface area contributed by atoms with Gasteiger partial charge in [0.05, 0.1) is 0 Å². The minimum atomic E-state index is 0.559. The summed E-state index contributed by atoms with van der Waals surface area (Å²) in [5.41, 5.74) is 7.09. The van der Waals surface area contributed by atoms with Crippen molar-refractivity contribution >= 4 is 11.6 Å². The number of anilines is 2. The molecule has 1 aromatic rings. The zero-order chi connectivity index (χ0) is 12.9. The van der Waals surface area contributed by atoms with Gasteiger partial charge in [-0.2, -0.15) is 0 Å². The molecule has 2 heterocycles. The van der Waals surface area contributed by atoms with Crippen molar-refractivity contribution in [2.75, 3.05) is 23.7 Å². The Morgan fingerprint density at radius 1 is 1.11 bits per heavy atom. The molecule has 3 rings (SSSR count). The fourth-order valence-corrected chi connectivity index (χ4v) is 2.67. The second-order valence-electron chi connectivity index (χ2n) is 6.05. The lowest BCUT2D eigenvalue weighted by atomic mass is 10.0. The molecule has 0 aromatic carbocycles. The van der Waals surface area contributed by atoms with Crippen molar-refractivity contribution in [3.63, 3.8) is 0 Å². The van der Waals surface area contributed by atoms with Gasteiger partial charge in [0, 0.05) is 24.6 Å². The third-order valence-corrected chi connectivity index (χ3v) is 4.41. The molecule has 18 heavy (non-hydrogen) atoms. The summed E-state index contributed by atoms with van der Waals surface area (Å²) < 4.78 is 0. The molecule has 1 aliphatic carbocycles. The number of nitrogens with zero attached hydrogens (tertiary/aromatic N) is 3. The number of rotatable bonds is 2. The number of nitrogen functional groups attached to an aromatic ring is 1. The maximum Gasteiger partial charge on any atom is 0.137 e. The normalized spacial score (nSPS) is 27.8. The summed E-state index contributed by atoms with van der Waals surface area (Å²) in [4.78, 5) is 11.6. The van der Waals surface area contributed by atoms with Gasteiger partial charge in [-0.1, -0.05) is 13.8 Å². The Bertz CT molecular complexity index is 457. The van der Waals surface area contributed by atoms with Crippen molar-refractivity contribution < 1.29 is 0 Å². The molecule has 2 aliphatic rings. The van der Waals surface area contributed by atoms with Gasteiger partial charge in [0.25, 0.3) is 0 Å². The molecule has 4 nitrogen and oxygen atoms in total. The minimum absolute atomic E-state index is 0.559. The van der Waals surface area contributed by atoms with E-state index in [2.05, 4.69) is 23.7 Å². The van der Waals surface area contributed by atoms with Gasteiger partial charge in [-0.15, -0.1) is 0 Å². The second kappa shape index (κ2) is 4.11. The lowest BCUT2D eigenvalue weighted by Crippen LogP contribution is -2.23. The molecule has 0 radical (unpaired) electrons. The summed E-state index contributed by atoms with van der Waals surface area (Å²) in [7, 11) is 0. The fourth-order valence-electron chi connectivity index (χ4n) is 2.67. The molecule has 1 aromatic heterocycles. The second-order valence-corrected chi connectivity index (χ2v) is 6.05. The van der Waals surface area contributed by atoms with Crippen LogP contribution in [0, 0.1) is 18.8 Å². The van der Waals surface area contributed by atoms with Crippen LogP contribution in [0.3, 0.4) is 0 Å². The van der Waals surface area contributed by atoms with Crippen LogP contribution in [0.5, 0.6) is 0 Å². The van der Waals surface area contributed by atoms with E-state index in [0.29, 0.717) is 11.7 Å². The first kappa shape index (κ1) is 11.8. The van der Waals surface area contributed by atoms with Gasteiger partial charge >= 0.3 is 0 Å². The predicted octanol–water partition coefficient (Wildman–Crippen LogP) is 2.34. The summed E-state index contributed by atoms with van der Waals surface area (Å²) in [6, 6.07) is 0. The van der Waals surface area contributed by atoms with E-state index >= 15 is 0 Å². The third-order valence-electron chi connectivity index (χ3n) is 4.41. The Balaban J connectivity index is 1.95. The first-order chi connectivity index (χ1) is 8.56. The molecule has 4 heteroatoms. The van der Waals surface area contributed by atoms with Gasteiger partial charge in [0.2, 0.25) is 0 Å². The van der Waals surface area contributed by atoms with E-state index in [-0.39, 0.29) is 0 Å². The van der Waals surface area contributed by atoms with Crippen LogP contribution in [-0.2, 0) is 0 Å². The average molecular weight is 246 g/mol. The fraction of sp³-hybridized carbons (Fsp3) is 0.714. The van der Waals surface area contributed by atoms with Crippen LogP contribution in [0.15, 0.2) is 0 Å². The predicted molar refractivity (Wildman–Crippen MR) is 73.7 cm³/mol. The van der Waals surface area contributed by atoms with Crippen LogP contribution >= 0.6 is 0 Å². The molecule has 0 spiro atoms. The number of nitrogens with two attached hydrogens (primary N) is 1. The van der Waals surface area contributed by atoms with Gasteiger partial charge in [-0.05, 0) is 31.6 Å². The van der Waals surface area contributed by atoms with E-state index in [1.807, 2.05) is 6.92 Å². The van der Waals surface area contributed by atoms with Crippen molar-refractivity contribution in [1.82, 2.24) is 9.97 Å². The van der Waals surface area contributed by atoms with Crippen LogP contribution in [0.1, 0.15) is 44.0 Å². The molecular weight excluding hydrogens is 224 g/mol. The van der Waals surface area contributed by atoms with Crippen LogP contribution < -0.4 is 10.6 Å². The smallest absolute Gasteiger partial charge is 0.137 e.